The van der Waals surface area contributed by atoms with Crippen LogP contribution in [0.2, 0.25) is 0 Å². The molecule has 6 aromatic rings. The molecule has 202 valence electrons. The van der Waals surface area contributed by atoms with Crippen molar-refractivity contribution in [3.8, 4) is 45.1 Å². The molecule has 1 N–H and O–H groups in total. The molecule has 2 heterocycles. The van der Waals surface area contributed by atoms with Gasteiger partial charge in [-0.15, -0.1) is 0 Å². The molecule has 0 bridgehead atoms. The summed E-state index contributed by atoms with van der Waals surface area (Å²) in [7, 11) is 0. The molecular weight excluding hydrogens is 512 g/mol. The number of aryl methyl sites for hydroxylation is 1. The van der Waals surface area contributed by atoms with Crippen LogP contribution in [-0.2, 0) is 0 Å². The Morgan fingerprint density at radius 3 is 2.22 bits per heavy atom. The zero-order chi connectivity index (χ0) is 28.5. The standard InChI is InChI=1S/C34H28N4O3/c1-21(2)41-33-14-12-25(17-22(33)3)23-7-9-24(10-8-23)30-20-32(26-11-13-29-31(19-26)36-16-15-35-29)38(37-30)28-6-4-5-27(18-28)34(39)40/h4-21H,1-3H3,(H,39,40). The molecule has 0 atom stereocenters. The summed E-state index contributed by atoms with van der Waals surface area (Å²) in [6.07, 6.45) is 3.46. The van der Waals surface area contributed by atoms with Gasteiger partial charge in [0.15, 0.2) is 0 Å². The van der Waals surface area contributed by atoms with Crippen molar-refractivity contribution in [1.82, 2.24) is 19.7 Å². The first-order valence-corrected chi connectivity index (χ1v) is 13.4. The van der Waals surface area contributed by atoms with Crippen LogP contribution in [0.25, 0.3) is 50.4 Å². The van der Waals surface area contributed by atoms with Gasteiger partial charge >= 0.3 is 5.97 Å². The molecule has 7 nitrogen and oxygen atoms in total. The lowest BCUT2D eigenvalue weighted by atomic mass is 10.0. The molecule has 0 radical (unpaired) electrons. The molecule has 41 heavy (non-hydrogen) atoms. The fraction of sp³-hybridized carbons (Fsp3) is 0.118. The average molecular weight is 541 g/mol. The normalized spacial score (nSPS) is 11.2. The Labute approximate surface area is 237 Å². The van der Waals surface area contributed by atoms with E-state index in [1.807, 2.05) is 50.2 Å². The van der Waals surface area contributed by atoms with E-state index in [9.17, 15) is 9.90 Å². The van der Waals surface area contributed by atoms with Gasteiger partial charge in [-0.2, -0.15) is 5.10 Å². The van der Waals surface area contributed by atoms with E-state index >= 15 is 0 Å². The van der Waals surface area contributed by atoms with Crippen molar-refractivity contribution in [3.05, 3.63) is 115 Å². The van der Waals surface area contributed by atoms with Crippen molar-refractivity contribution in [2.75, 3.05) is 0 Å². The summed E-state index contributed by atoms with van der Waals surface area (Å²) >= 11 is 0. The molecule has 4 aromatic carbocycles. The molecule has 0 aliphatic carbocycles. The Balaban J connectivity index is 1.41. The second-order valence-corrected chi connectivity index (χ2v) is 10.2. The van der Waals surface area contributed by atoms with Gasteiger partial charge in [0.25, 0.3) is 0 Å². The summed E-state index contributed by atoms with van der Waals surface area (Å²) in [4.78, 5) is 20.5. The Hall–Kier alpha value is -5.30. The number of rotatable bonds is 7. The van der Waals surface area contributed by atoms with Crippen LogP contribution in [0.15, 0.2) is 103 Å². The van der Waals surface area contributed by atoms with Crippen LogP contribution in [-0.4, -0.2) is 36.9 Å². The van der Waals surface area contributed by atoms with Crippen LogP contribution in [0.5, 0.6) is 5.75 Å². The fourth-order valence-corrected chi connectivity index (χ4v) is 4.87. The molecule has 0 aliphatic heterocycles. The largest absolute Gasteiger partial charge is 0.491 e. The van der Waals surface area contributed by atoms with E-state index in [0.29, 0.717) is 5.69 Å². The third-order valence-electron chi connectivity index (χ3n) is 6.86. The molecule has 7 heteroatoms. The number of hydrogen-bond donors (Lipinski definition) is 1. The van der Waals surface area contributed by atoms with Gasteiger partial charge < -0.3 is 9.84 Å². The van der Waals surface area contributed by atoms with Gasteiger partial charge in [-0.25, -0.2) is 9.48 Å². The van der Waals surface area contributed by atoms with Crippen LogP contribution >= 0.6 is 0 Å². The van der Waals surface area contributed by atoms with Crippen LogP contribution in [0, 0.1) is 6.92 Å². The van der Waals surface area contributed by atoms with Crippen LogP contribution < -0.4 is 4.74 Å². The predicted octanol–water partition coefficient (Wildman–Crippen LogP) is 7.61. The fourth-order valence-electron chi connectivity index (χ4n) is 4.87. The van der Waals surface area contributed by atoms with Crippen molar-refractivity contribution in [1.29, 1.82) is 0 Å². The smallest absolute Gasteiger partial charge is 0.335 e. The van der Waals surface area contributed by atoms with Crippen molar-refractivity contribution in [2.45, 2.75) is 26.9 Å². The number of benzene rings is 4. The number of fused-ring (bicyclic) bond motifs is 1. The molecule has 0 saturated heterocycles. The highest BCUT2D eigenvalue weighted by atomic mass is 16.5. The Bertz CT molecular complexity index is 1890. The first-order valence-electron chi connectivity index (χ1n) is 13.4. The first-order chi connectivity index (χ1) is 19.9. The van der Waals surface area contributed by atoms with Crippen LogP contribution in [0.3, 0.4) is 0 Å². The van der Waals surface area contributed by atoms with E-state index in [0.717, 1.165) is 56.0 Å². The molecule has 0 unspecified atom stereocenters. The van der Waals surface area contributed by atoms with Gasteiger partial charge in [-0.1, -0.05) is 42.5 Å². The molecule has 2 aromatic heterocycles. The number of carboxylic acids is 1. The molecule has 0 saturated carbocycles. The predicted molar refractivity (Wildman–Crippen MR) is 160 cm³/mol. The number of carboxylic acid groups (broad SMARTS) is 1. The number of aromatic carboxylic acids is 1. The Morgan fingerprint density at radius 1 is 0.780 bits per heavy atom. The van der Waals surface area contributed by atoms with Crippen molar-refractivity contribution >= 4 is 17.0 Å². The number of ether oxygens (including phenoxy) is 1. The zero-order valence-corrected chi connectivity index (χ0v) is 22.9. The van der Waals surface area contributed by atoms with E-state index in [1.54, 1.807) is 35.3 Å². The highest BCUT2D eigenvalue weighted by Crippen LogP contribution is 2.32. The van der Waals surface area contributed by atoms with Crippen LogP contribution in [0.1, 0.15) is 29.8 Å². The van der Waals surface area contributed by atoms with Gasteiger partial charge in [0.05, 0.1) is 39.8 Å². The van der Waals surface area contributed by atoms with Gasteiger partial charge in [0.1, 0.15) is 5.75 Å². The lowest BCUT2D eigenvalue weighted by Crippen LogP contribution is -2.06. The summed E-state index contributed by atoms with van der Waals surface area (Å²) in [5.41, 5.74) is 9.13. The minimum absolute atomic E-state index is 0.123. The maximum Gasteiger partial charge on any atom is 0.335 e. The molecule has 0 fully saturated rings. The monoisotopic (exact) mass is 540 g/mol. The summed E-state index contributed by atoms with van der Waals surface area (Å²) in [5, 5.41) is 14.5. The summed E-state index contributed by atoms with van der Waals surface area (Å²) in [5.74, 6) is -0.0959. The Kier molecular flexibility index (Phi) is 6.77. The number of carbonyl (C=O) groups is 1. The van der Waals surface area contributed by atoms with E-state index in [-0.39, 0.29) is 11.7 Å². The minimum Gasteiger partial charge on any atom is -0.491 e. The van der Waals surface area contributed by atoms with Crippen LogP contribution in [0.4, 0.5) is 0 Å². The zero-order valence-electron chi connectivity index (χ0n) is 22.9. The number of hydrogen-bond acceptors (Lipinski definition) is 5. The van der Waals surface area contributed by atoms with Crippen molar-refractivity contribution < 1.29 is 14.6 Å². The van der Waals surface area contributed by atoms with Gasteiger partial charge in [0.2, 0.25) is 0 Å². The third-order valence-corrected chi connectivity index (χ3v) is 6.86. The van der Waals surface area contributed by atoms with E-state index in [1.165, 1.54) is 0 Å². The summed E-state index contributed by atoms with van der Waals surface area (Å²) in [6.45, 7) is 6.10. The van der Waals surface area contributed by atoms with Crippen molar-refractivity contribution in [3.63, 3.8) is 0 Å². The average Bonchev–Trinajstić information content (AvgIpc) is 3.44. The highest BCUT2D eigenvalue weighted by molar-refractivity contribution is 5.88. The molecule has 6 rings (SSSR count). The van der Waals surface area contributed by atoms with E-state index < -0.39 is 5.97 Å². The lowest BCUT2D eigenvalue weighted by Gasteiger charge is -2.13. The van der Waals surface area contributed by atoms with E-state index in [2.05, 4.69) is 53.3 Å². The molecule has 0 spiro atoms. The van der Waals surface area contributed by atoms with E-state index in [4.69, 9.17) is 9.84 Å². The van der Waals surface area contributed by atoms with Crippen molar-refractivity contribution in [2.24, 2.45) is 0 Å². The maximum atomic E-state index is 11.7. The third kappa shape index (κ3) is 5.30. The van der Waals surface area contributed by atoms with Gasteiger partial charge in [0, 0.05) is 23.5 Å². The Morgan fingerprint density at radius 2 is 1.49 bits per heavy atom. The molecular formula is C34H28N4O3. The topological polar surface area (TPSA) is 90.1 Å². The highest BCUT2D eigenvalue weighted by Gasteiger charge is 2.16. The molecule has 0 aliphatic rings. The van der Waals surface area contributed by atoms with Gasteiger partial charge in [-0.3, -0.25) is 9.97 Å². The lowest BCUT2D eigenvalue weighted by molar-refractivity contribution is 0.0697. The second kappa shape index (κ2) is 10.7. The second-order valence-electron chi connectivity index (χ2n) is 10.2. The summed E-state index contributed by atoms with van der Waals surface area (Å²) in [6, 6.07) is 29.2. The minimum atomic E-state index is -0.989. The quantitative estimate of drug-likeness (QED) is 0.224. The summed E-state index contributed by atoms with van der Waals surface area (Å²) < 4.78 is 7.67. The first kappa shape index (κ1) is 26.0. The number of nitrogens with zero attached hydrogens (tertiary/aromatic N) is 4. The molecule has 0 amide bonds. The maximum absolute atomic E-state index is 11.7. The number of aromatic nitrogens is 4. The SMILES string of the molecule is Cc1cc(-c2ccc(-c3cc(-c4ccc5nccnc5c4)n(-c4cccc(C(=O)O)c4)n3)cc2)ccc1OC(C)C. The van der Waals surface area contributed by atoms with Gasteiger partial charge in [-0.05, 0) is 86.0 Å².